The van der Waals surface area contributed by atoms with E-state index in [2.05, 4.69) is 28.1 Å². The standard InChI is InChI=1S/C19H29N5O/c1-13-10-14(2)24(20-13)12-17-8-6-7-9-23(17)19(25)11-18-15(3)21-22(5)16(18)4/h10,17H,6-9,11-12H2,1-5H3. The summed E-state index contributed by atoms with van der Waals surface area (Å²) in [6.07, 6.45) is 3.76. The molecule has 1 aliphatic rings. The lowest BCUT2D eigenvalue weighted by Crippen LogP contribution is -2.46. The van der Waals surface area contributed by atoms with E-state index < -0.39 is 0 Å². The first-order chi connectivity index (χ1) is 11.9. The maximum absolute atomic E-state index is 13.0. The molecule has 0 radical (unpaired) electrons. The molecule has 0 saturated carbocycles. The van der Waals surface area contributed by atoms with Gasteiger partial charge < -0.3 is 4.90 Å². The van der Waals surface area contributed by atoms with E-state index in [1.807, 2.05) is 37.2 Å². The molecule has 1 atom stereocenters. The monoisotopic (exact) mass is 343 g/mol. The van der Waals surface area contributed by atoms with Crippen molar-refractivity contribution < 1.29 is 4.79 Å². The van der Waals surface area contributed by atoms with Crippen molar-refractivity contribution in [1.82, 2.24) is 24.5 Å². The Morgan fingerprint density at radius 1 is 1.20 bits per heavy atom. The van der Waals surface area contributed by atoms with Crippen LogP contribution in [-0.2, 0) is 24.8 Å². The third-order valence-corrected chi connectivity index (χ3v) is 5.42. The molecule has 0 bridgehead atoms. The molecule has 6 heteroatoms. The quantitative estimate of drug-likeness (QED) is 0.857. The van der Waals surface area contributed by atoms with Gasteiger partial charge in [-0.25, -0.2) is 0 Å². The minimum Gasteiger partial charge on any atom is -0.338 e. The van der Waals surface area contributed by atoms with Crippen LogP contribution in [0.5, 0.6) is 0 Å². The number of aryl methyl sites for hydroxylation is 4. The molecule has 1 saturated heterocycles. The maximum Gasteiger partial charge on any atom is 0.227 e. The molecule has 6 nitrogen and oxygen atoms in total. The molecule has 1 unspecified atom stereocenters. The SMILES string of the molecule is Cc1cc(C)n(CC2CCCCN2C(=O)Cc2c(C)nn(C)c2C)n1. The highest BCUT2D eigenvalue weighted by Gasteiger charge is 2.28. The van der Waals surface area contributed by atoms with Gasteiger partial charge >= 0.3 is 0 Å². The van der Waals surface area contributed by atoms with Crippen LogP contribution in [-0.4, -0.2) is 43.0 Å². The fourth-order valence-electron chi connectivity index (χ4n) is 3.90. The van der Waals surface area contributed by atoms with Gasteiger partial charge in [-0.15, -0.1) is 0 Å². The number of hydrogen-bond donors (Lipinski definition) is 0. The molecule has 1 fully saturated rings. The van der Waals surface area contributed by atoms with E-state index in [1.165, 1.54) is 6.42 Å². The highest BCUT2D eigenvalue weighted by Crippen LogP contribution is 2.22. The lowest BCUT2D eigenvalue weighted by atomic mass is 10.00. The zero-order valence-electron chi connectivity index (χ0n) is 16.0. The second kappa shape index (κ2) is 7.02. The Morgan fingerprint density at radius 3 is 2.56 bits per heavy atom. The molecule has 0 aliphatic carbocycles. The summed E-state index contributed by atoms with van der Waals surface area (Å²) in [5.74, 6) is 0.213. The number of carbonyl (C=O) groups is 1. The average Bonchev–Trinajstić information content (AvgIpc) is 3.00. The normalized spacial score (nSPS) is 18.0. The molecule has 1 amide bonds. The van der Waals surface area contributed by atoms with Crippen molar-refractivity contribution in [1.29, 1.82) is 0 Å². The summed E-state index contributed by atoms with van der Waals surface area (Å²) in [4.78, 5) is 15.1. The Bertz CT molecular complexity index is 773. The second-order valence-corrected chi connectivity index (χ2v) is 7.30. The van der Waals surface area contributed by atoms with Crippen LogP contribution in [0.3, 0.4) is 0 Å². The first kappa shape index (κ1) is 17.7. The van der Waals surface area contributed by atoms with Crippen LogP contribution < -0.4 is 0 Å². The minimum absolute atomic E-state index is 0.213. The molecule has 3 rings (SSSR count). The predicted molar refractivity (Wildman–Crippen MR) is 97.4 cm³/mol. The van der Waals surface area contributed by atoms with Gasteiger partial charge in [0.05, 0.1) is 30.4 Å². The molecule has 25 heavy (non-hydrogen) atoms. The Hall–Kier alpha value is -2.11. The van der Waals surface area contributed by atoms with Gasteiger partial charge in [0.1, 0.15) is 0 Å². The van der Waals surface area contributed by atoms with Crippen LogP contribution in [0.2, 0.25) is 0 Å². The zero-order chi connectivity index (χ0) is 18.1. The summed E-state index contributed by atoms with van der Waals surface area (Å²) in [5.41, 5.74) is 5.31. The van der Waals surface area contributed by atoms with Crippen LogP contribution in [0.25, 0.3) is 0 Å². The maximum atomic E-state index is 13.0. The number of amides is 1. The van der Waals surface area contributed by atoms with E-state index in [4.69, 9.17) is 0 Å². The molecule has 0 aromatic carbocycles. The number of aromatic nitrogens is 4. The summed E-state index contributed by atoms with van der Waals surface area (Å²) < 4.78 is 3.91. The van der Waals surface area contributed by atoms with E-state index in [9.17, 15) is 4.79 Å². The third kappa shape index (κ3) is 3.62. The molecular formula is C19H29N5O. The van der Waals surface area contributed by atoms with Gasteiger partial charge in [-0.2, -0.15) is 10.2 Å². The molecule has 0 spiro atoms. The lowest BCUT2D eigenvalue weighted by Gasteiger charge is -2.36. The molecule has 0 N–H and O–H groups in total. The molecule has 2 aromatic rings. The zero-order valence-corrected chi connectivity index (χ0v) is 16.0. The van der Waals surface area contributed by atoms with Crippen molar-refractivity contribution in [2.45, 2.75) is 66.0 Å². The highest BCUT2D eigenvalue weighted by molar-refractivity contribution is 5.79. The lowest BCUT2D eigenvalue weighted by molar-refractivity contribution is -0.134. The van der Waals surface area contributed by atoms with E-state index in [0.29, 0.717) is 6.42 Å². The van der Waals surface area contributed by atoms with Gasteiger partial charge in [0.25, 0.3) is 0 Å². The van der Waals surface area contributed by atoms with Gasteiger partial charge in [-0.1, -0.05) is 0 Å². The van der Waals surface area contributed by atoms with Crippen LogP contribution in [0.4, 0.5) is 0 Å². The average molecular weight is 343 g/mol. The Balaban J connectivity index is 1.76. The molecule has 3 heterocycles. The summed E-state index contributed by atoms with van der Waals surface area (Å²) >= 11 is 0. The van der Waals surface area contributed by atoms with Crippen molar-refractivity contribution in [3.63, 3.8) is 0 Å². The van der Waals surface area contributed by atoms with E-state index in [0.717, 1.165) is 54.3 Å². The van der Waals surface area contributed by atoms with Crippen LogP contribution >= 0.6 is 0 Å². The van der Waals surface area contributed by atoms with E-state index in [1.54, 1.807) is 0 Å². The van der Waals surface area contributed by atoms with Gasteiger partial charge in [-0.3, -0.25) is 14.2 Å². The predicted octanol–water partition coefficient (Wildman–Crippen LogP) is 2.47. The summed E-state index contributed by atoms with van der Waals surface area (Å²) in [6, 6.07) is 2.33. The second-order valence-electron chi connectivity index (χ2n) is 7.30. The molecule has 136 valence electrons. The number of rotatable bonds is 4. The topological polar surface area (TPSA) is 56.0 Å². The van der Waals surface area contributed by atoms with Crippen molar-refractivity contribution in [2.24, 2.45) is 7.05 Å². The van der Waals surface area contributed by atoms with Crippen molar-refractivity contribution >= 4 is 5.91 Å². The number of carbonyl (C=O) groups excluding carboxylic acids is 1. The molecule has 2 aromatic heterocycles. The molecular weight excluding hydrogens is 314 g/mol. The van der Waals surface area contributed by atoms with E-state index >= 15 is 0 Å². The smallest absolute Gasteiger partial charge is 0.227 e. The molecule has 1 aliphatic heterocycles. The van der Waals surface area contributed by atoms with Crippen LogP contribution in [0.1, 0.15) is 47.6 Å². The summed E-state index contributed by atoms with van der Waals surface area (Å²) in [7, 11) is 1.93. The third-order valence-electron chi connectivity index (χ3n) is 5.42. The fraction of sp³-hybridized carbons (Fsp3) is 0.632. The fourth-order valence-corrected chi connectivity index (χ4v) is 3.90. The van der Waals surface area contributed by atoms with Crippen LogP contribution in [0, 0.1) is 27.7 Å². The first-order valence-electron chi connectivity index (χ1n) is 9.16. The van der Waals surface area contributed by atoms with Gasteiger partial charge in [0, 0.05) is 30.5 Å². The van der Waals surface area contributed by atoms with Gasteiger partial charge in [-0.05, 0) is 53.0 Å². The summed E-state index contributed by atoms with van der Waals surface area (Å²) in [5, 5.41) is 9.02. The van der Waals surface area contributed by atoms with Crippen molar-refractivity contribution in [3.8, 4) is 0 Å². The van der Waals surface area contributed by atoms with Crippen molar-refractivity contribution in [2.75, 3.05) is 6.54 Å². The number of piperidine rings is 1. The van der Waals surface area contributed by atoms with Crippen LogP contribution in [0.15, 0.2) is 6.07 Å². The largest absolute Gasteiger partial charge is 0.338 e. The Kier molecular flexibility index (Phi) is 4.97. The number of likely N-dealkylation sites (tertiary alicyclic amines) is 1. The first-order valence-corrected chi connectivity index (χ1v) is 9.16. The Morgan fingerprint density at radius 2 is 1.96 bits per heavy atom. The highest BCUT2D eigenvalue weighted by atomic mass is 16.2. The van der Waals surface area contributed by atoms with Gasteiger partial charge in [0.15, 0.2) is 0 Å². The van der Waals surface area contributed by atoms with Crippen molar-refractivity contribution in [3.05, 3.63) is 34.4 Å². The van der Waals surface area contributed by atoms with Gasteiger partial charge in [0.2, 0.25) is 5.91 Å². The Labute approximate surface area is 149 Å². The van der Waals surface area contributed by atoms with E-state index in [-0.39, 0.29) is 11.9 Å². The minimum atomic E-state index is 0.213. The number of nitrogens with zero attached hydrogens (tertiary/aromatic N) is 5. The summed E-state index contributed by atoms with van der Waals surface area (Å²) in [6.45, 7) is 9.75. The number of hydrogen-bond acceptors (Lipinski definition) is 3.